The minimum Gasteiger partial charge on any atom is -0.408 e. The largest absolute Gasteiger partial charge is 0.420 e. The van der Waals surface area contributed by atoms with E-state index in [0.717, 1.165) is 11.3 Å². The zero-order valence-corrected chi connectivity index (χ0v) is 10.5. The molecule has 0 atom stereocenters. The van der Waals surface area contributed by atoms with Gasteiger partial charge >= 0.3 is 5.76 Å². The second-order valence-corrected chi connectivity index (χ2v) is 4.41. The Morgan fingerprint density at radius 2 is 2.21 bits per heavy atom. The summed E-state index contributed by atoms with van der Waals surface area (Å²) in [5.41, 5.74) is 7.53. The predicted octanol–water partition coefficient (Wildman–Crippen LogP) is 1.38. The second kappa shape index (κ2) is 4.31. The van der Waals surface area contributed by atoms with E-state index < -0.39 is 0 Å². The van der Waals surface area contributed by atoms with Crippen molar-refractivity contribution < 1.29 is 4.42 Å². The van der Waals surface area contributed by atoms with Gasteiger partial charge in [0.05, 0.1) is 5.52 Å². The number of nitrogens with two attached hydrogens (primary N) is 1. The maximum absolute atomic E-state index is 11.8. The standard InChI is InChI=1S/C13H14N4O2/c1-9-15-4-5-16(9)6-7-17-11-3-2-10(14)8-12(11)19-13(17)18/h2-5,8H,6-7,14H2,1H3. The average molecular weight is 258 g/mol. The number of hydrogen-bond acceptors (Lipinski definition) is 4. The van der Waals surface area contributed by atoms with Crippen LogP contribution in [0.1, 0.15) is 5.82 Å². The summed E-state index contributed by atoms with van der Waals surface area (Å²) in [6, 6.07) is 5.22. The van der Waals surface area contributed by atoms with E-state index in [1.807, 2.05) is 17.7 Å². The van der Waals surface area contributed by atoms with Crippen molar-refractivity contribution in [2.45, 2.75) is 20.0 Å². The molecule has 2 N–H and O–H groups in total. The van der Waals surface area contributed by atoms with Gasteiger partial charge in [-0.25, -0.2) is 9.78 Å². The summed E-state index contributed by atoms with van der Waals surface area (Å²) < 4.78 is 8.78. The summed E-state index contributed by atoms with van der Waals surface area (Å²) in [6.07, 6.45) is 3.63. The van der Waals surface area contributed by atoms with Crippen molar-refractivity contribution in [3.8, 4) is 0 Å². The minimum atomic E-state index is -0.363. The Morgan fingerprint density at radius 3 is 2.95 bits per heavy atom. The number of hydrogen-bond donors (Lipinski definition) is 1. The average Bonchev–Trinajstić information content (AvgIpc) is 2.90. The van der Waals surface area contributed by atoms with E-state index in [1.54, 1.807) is 29.0 Å². The summed E-state index contributed by atoms with van der Waals surface area (Å²) in [5, 5.41) is 0. The van der Waals surface area contributed by atoms with Crippen LogP contribution in [0.15, 0.2) is 39.8 Å². The number of aromatic nitrogens is 3. The molecule has 0 bridgehead atoms. The third-order valence-corrected chi connectivity index (χ3v) is 3.18. The highest BCUT2D eigenvalue weighted by molar-refractivity contribution is 5.76. The van der Waals surface area contributed by atoms with Crippen LogP contribution in [0.2, 0.25) is 0 Å². The minimum absolute atomic E-state index is 0.363. The lowest BCUT2D eigenvalue weighted by Crippen LogP contribution is -2.17. The molecule has 0 saturated carbocycles. The molecule has 0 aliphatic carbocycles. The molecule has 0 fully saturated rings. The molecule has 1 aromatic carbocycles. The summed E-state index contributed by atoms with van der Waals surface area (Å²) in [7, 11) is 0. The zero-order valence-electron chi connectivity index (χ0n) is 10.5. The van der Waals surface area contributed by atoms with Crippen LogP contribution in [0.25, 0.3) is 11.1 Å². The Bertz CT molecular complexity index is 781. The number of fused-ring (bicyclic) bond motifs is 1. The van der Waals surface area contributed by atoms with Crippen molar-refractivity contribution in [1.82, 2.24) is 14.1 Å². The Morgan fingerprint density at radius 1 is 1.37 bits per heavy atom. The molecule has 2 aromatic heterocycles. The molecule has 98 valence electrons. The van der Waals surface area contributed by atoms with Crippen molar-refractivity contribution in [3.05, 3.63) is 47.0 Å². The highest BCUT2D eigenvalue weighted by atomic mass is 16.4. The van der Waals surface area contributed by atoms with Crippen LogP contribution in [0, 0.1) is 6.92 Å². The molecule has 6 heteroatoms. The van der Waals surface area contributed by atoms with Gasteiger partial charge in [0.2, 0.25) is 0 Å². The Kier molecular flexibility index (Phi) is 2.63. The van der Waals surface area contributed by atoms with Gasteiger partial charge in [-0.15, -0.1) is 0 Å². The fourth-order valence-corrected chi connectivity index (χ4v) is 2.14. The van der Waals surface area contributed by atoms with E-state index >= 15 is 0 Å². The number of rotatable bonds is 3. The van der Waals surface area contributed by atoms with Crippen LogP contribution in [-0.2, 0) is 13.1 Å². The molecule has 6 nitrogen and oxygen atoms in total. The predicted molar refractivity (Wildman–Crippen MR) is 71.9 cm³/mol. The van der Waals surface area contributed by atoms with E-state index in [1.165, 1.54) is 0 Å². The number of nitrogen functional groups attached to an aromatic ring is 1. The summed E-state index contributed by atoms with van der Waals surface area (Å²) >= 11 is 0. The number of oxazole rings is 1. The smallest absolute Gasteiger partial charge is 0.408 e. The van der Waals surface area contributed by atoms with Crippen molar-refractivity contribution in [3.63, 3.8) is 0 Å². The summed E-state index contributed by atoms with van der Waals surface area (Å²) in [6.45, 7) is 3.13. The summed E-state index contributed by atoms with van der Waals surface area (Å²) in [5.74, 6) is 0.559. The normalized spacial score (nSPS) is 11.2. The fraction of sp³-hybridized carbons (Fsp3) is 0.231. The quantitative estimate of drug-likeness (QED) is 0.720. The molecule has 3 rings (SSSR count). The SMILES string of the molecule is Cc1nccn1CCn1c(=O)oc2cc(N)ccc21. The van der Waals surface area contributed by atoms with Crippen LogP contribution >= 0.6 is 0 Å². The molecule has 0 spiro atoms. The first-order valence-electron chi connectivity index (χ1n) is 6.02. The third-order valence-electron chi connectivity index (χ3n) is 3.18. The monoisotopic (exact) mass is 258 g/mol. The number of nitrogens with zero attached hydrogens (tertiary/aromatic N) is 3. The Hall–Kier alpha value is -2.50. The van der Waals surface area contributed by atoms with Crippen LogP contribution in [0.4, 0.5) is 5.69 Å². The van der Waals surface area contributed by atoms with Gasteiger partial charge in [0.15, 0.2) is 5.58 Å². The topological polar surface area (TPSA) is 79.0 Å². The first-order chi connectivity index (χ1) is 9.15. The van der Waals surface area contributed by atoms with Crippen LogP contribution in [0.5, 0.6) is 0 Å². The van der Waals surface area contributed by atoms with E-state index in [2.05, 4.69) is 4.98 Å². The highest BCUT2D eigenvalue weighted by Gasteiger charge is 2.09. The zero-order chi connectivity index (χ0) is 13.4. The number of imidazole rings is 1. The highest BCUT2D eigenvalue weighted by Crippen LogP contribution is 2.16. The van der Waals surface area contributed by atoms with E-state index in [4.69, 9.17) is 10.2 Å². The van der Waals surface area contributed by atoms with Gasteiger partial charge in [0, 0.05) is 37.2 Å². The molecule has 2 heterocycles. The molecule has 0 unspecified atom stereocenters. The van der Waals surface area contributed by atoms with E-state index in [-0.39, 0.29) is 5.76 Å². The van der Waals surface area contributed by atoms with E-state index in [0.29, 0.717) is 24.4 Å². The molecular formula is C13H14N4O2. The number of anilines is 1. The van der Waals surface area contributed by atoms with Gasteiger partial charge in [-0.1, -0.05) is 0 Å². The molecule has 0 aliphatic heterocycles. The molecule has 3 aromatic rings. The molecular weight excluding hydrogens is 244 g/mol. The Labute approximate surface area is 109 Å². The van der Waals surface area contributed by atoms with Crippen molar-refractivity contribution in [2.24, 2.45) is 0 Å². The van der Waals surface area contributed by atoms with Crippen LogP contribution < -0.4 is 11.5 Å². The fourth-order valence-electron chi connectivity index (χ4n) is 2.14. The maximum atomic E-state index is 11.8. The lowest BCUT2D eigenvalue weighted by molar-refractivity contribution is 0.482. The lowest BCUT2D eigenvalue weighted by Gasteiger charge is -2.05. The van der Waals surface area contributed by atoms with Gasteiger partial charge in [-0.2, -0.15) is 0 Å². The molecule has 0 radical (unpaired) electrons. The number of aryl methyl sites for hydroxylation is 3. The third kappa shape index (κ3) is 2.01. The molecule has 19 heavy (non-hydrogen) atoms. The van der Waals surface area contributed by atoms with Crippen molar-refractivity contribution >= 4 is 16.8 Å². The van der Waals surface area contributed by atoms with Crippen molar-refractivity contribution in [1.29, 1.82) is 0 Å². The van der Waals surface area contributed by atoms with Gasteiger partial charge in [0.25, 0.3) is 0 Å². The number of benzene rings is 1. The van der Waals surface area contributed by atoms with Gasteiger partial charge in [0.1, 0.15) is 5.82 Å². The van der Waals surface area contributed by atoms with Crippen molar-refractivity contribution in [2.75, 3.05) is 5.73 Å². The maximum Gasteiger partial charge on any atom is 0.420 e. The Balaban J connectivity index is 1.95. The van der Waals surface area contributed by atoms with E-state index in [9.17, 15) is 4.79 Å². The first-order valence-corrected chi connectivity index (χ1v) is 6.02. The van der Waals surface area contributed by atoms with Crippen LogP contribution in [-0.4, -0.2) is 14.1 Å². The molecule has 0 saturated heterocycles. The van der Waals surface area contributed by atoms with Gasteiger partial charge < -0.3 is 14.7 Å². The van der Waals surface area contributed by atoms with Gasteiger partial charge in [-0.3, -0.25) is 4.57 Å². The summed E-state index contributed by atoms with van der Waals surface area (Å²) in [4.78, 5) is 16.0. The first kappa shape index (κ1) is 11.6. The second-order valence-electron chi connectivity index (χ2n) is 4.41. The van der Waals surface area contributed by atoms with Gasteiger partial charge in [-0.05, 0) is 19.1 Å². The molecule has 0 amide bonds. The molecule has 0 aliphatic rings. The lowest BCUT2D eigenvalue weighted by atomic mass is 10.3. The van der Waals surface area contributed by atoms with Crippen LogP contribution in [0.3, 0.4) is 0 Å².